The van der Waals surface area contributed by atoms with Crippen molar-refractivity contribution in [3.8, 4) is 22.6 Å². The average Bonchev–Trinajstić information content (AvgIpc) is 2.61. The number of hydrogen-bond donors (Lipinski definition) is 2. The zero-order valence-electron chi connectivity index (χ0n) is 12.1. The van der Waals surface area contributed by atoms with E-state index in [2.05, 4.69) is 26.8 Å². The fourth-order valence-electron chi connectivity index (χ4n) is 3.62. The quantitative estimate of drug-likeness (QED) is 0.796. The Morgan fingerprint density at radius 2 is 1.65 bits per heavy atom. The van der Waals surface area contributed by atoms with Crippen molar-refractivity contribution in [2.45, 2.75) is 38.5 Å². The van der Waals surface area contributed by atoms with E-state index in [0.717, 1.165) is 17.5 Å². The predicted molar refractivity (Wildman–Crippen MR) is 81.3 cm³/mol. The number of fused-ring (bicyclic) bond motifs is 1. The third kappa shape index (κ3) is 1.87. The van der Waals surface area contributed by atoms with Crippen LogP contribution in [-0.4, -0.2) is 10.2 Å². The predicted octanol–water partition coefficient (Wildman–Crippen LogP) is 4.55. The van der Waals surface area contributed by atoms with Crippen molar-refractivity contribution in [3.63, 3.8) is 0 Å². The molecule has 1 aliphatic rings. The average molecular weight is 268 g/mol. The molecule has 0 amide bonds. The van der Waals surface area contributed by atoms with E-state index < -0.39 is 0 Å². The Hall–Kier alpha value is -1.96. The summed E-state index contributed by atoms with van der Waals surface area (Å²) < 4.78 is 0. The Morgan fingerprint density at radius 1 is 1.00 bits per heavy atom. The molecule has 3 rings (SSSR count). The van der Waals surface area contributed by atoms with E-state index in [1.807, 2.05) is 12.1 Å². The van der Waals surface area contributed by atoms with Crippen molar-refractivity contribution in [1.82, 2.24) is 0 Å². The highest BCUT2D eigenvalue weighted by Crippen LogP contribution is 2.51. The standard InChI is InChI=1S/C18H20O2/c1-11-10-18(2,3)14-8-9-15(20)17(16(11)14)12-4-6-13(19)7-5-12/h4-9,11,19-20H,10H2,1-3H3. The summed E-state index contributed by atoms with van der Waals surface area (Å²) in [7, 11) is 0. The van der Waals surface area contributed by atoms with Crippen molar-refractivity contribution >= 4 is 0 Å². The Labute approximate surface area is 119 Å². The maximum Gasteiger partial charge on any atom is 0.123 e. The van der Waals surface area contributed by atoms with Crippen molar-refractivity contribution in [3.05, 3.63) is 47.5 Å². The van der Waals surface area contributed by atoms with Gasteiger partial charge in [-0.3, -0.25) is 0 Å². The lowest BCUT2D eigenvalue weighted by molar-refractivity contribution is 0.473. The Balaban J connectivity index is 2.27. The smallest absolute Gasteiger partial charge is 0.123 e. The molecule has 2 aromatic rings. The Bertz CT molecular complexity index is 654. The molecular weight excluding hydrogens is 248 g/mol. The normalized spacial score (nSPS) is 19.9. The van der Waals surface area contributed by atoms with Gasteiger partial charge in [-0.15, -0.1) is 0 Å². The van der Waals surface area contributed by atoms with Crippen LogP contribution in [0.2, 0.25) is 0 Å². The molecule has 0 fully saturated rings. The first-order valence-corrected chi connectivity index (χ1v) is 7.06. The van der Waals surface area contributed by atoms with Crippen LogP contribution in [0.5, 0.6) is 11.5 Å². The summed E-state index contributed by atoms with van der Waals surface area (Å²) in [4.78, 5) is 0. The second kappa shape index (κ2) is 4.27. The van der Waals surface area contributed by atoms with Gasteiger partial charge in [0.15, 0.2) is 0 Å². The summed E-state index contributed by atoms with van der Waals surface area (Å²) in [6.07, 6.45) is 1.09. The lowest BCUT2D eigenvalue weighted by Gasteiger charge is -2.20. The van der Waals surface area contributed by atoms with E-state index in [-0.39, 0.29) is 11.2 Å². The second-order valence-electron chi connectivity index (χ2n) is 6.46. The summed E-state index contributed by atoms with van der Waals surface area (Å²) in [5, 5.41) is 19.8. The molecule has 0 aliphatic heterocycles. The highest BCUT2D eigenvalue weighted by Gasteiger charge is 2.37. The molecule has 1 unspecified atom stereocenters. The summed E-state index contributed by atoms with van der Waals surface area (Å²) >= 11 is 0. The fraction of sp³-hybridized carbons (Fsp3) is 0.333. The molecule has 104 valence electrons. The molecule has 2 aromatic carbocycles. The zero-order chi connectivity index (χ0) is 14.5. The van der Waals surface area contributed by atoms with Crippen molar-refractivity contribution in [2.24, 2.45) is 0 Å². The van der Waals surface area contributed by atoms with Crippen LogP contribution in [0.15, 0.2) is 36.4 Å². The van der Waals surface area contributed by atoms with Gasteiger partial charge in [-0.25, -0.2) is 0 Å². The van der Waals surface area contributed by atoms with Gasteiger partial charge < -0.3 is 10.2 Å². The minimum atomic E-state index is 0.147. The van der Waals surface area contributed by atoms with Crippen LogP contribution < -0.4 is 0 Å². The van der Waals surface area contributed by atoms with Crippen LogP contribution in [0, 0.1) is 0 Å². The second-order valence-corrected chi connectivity index (χ2v) is 6.46. The SMILES string of the molecule is CC1CC(C)(C)c2ccc(O)c(-c3ccc(O)cc3)c21. The van der Waals surface area contributed by atoms with Gasteiger partial charge in [-0.2, -0.15) is 0 Å². The monoisotopic (exact) mass is 268 g/mol. The zero-order valence-corrected chi connectivity index (χ0v) is 12.1. The maximum atomic E-state index is 10.3. The molecule has 0 radical (unpaired) electrons. The molecule has 0 bridgehead atoms. The number of phenolic OH excluding ortho intramolecular Hbond substituents is 2. The van der Waals surface area contributed by atoms with Gasteiger partial charge in [0, 0.05) is 5.56 Å². The lowest BCUT2D eigenvalue weighted by Crippen LogP contribution is -2.11. The first kappa shape index (κ1) is 13.0. The van der Waals surface area contributed by atoms with Crippen LogP contribution in [0.25, 0.3) is 11.1 Å². The molecule has 2 N–H and O–H groups in total. The highest BCUT2D eigenvalue weighted by molar-refractivity contribution is 5.77. The Morgan fingerprint density at radius 3 is 2.30 bits per heavy atom. The number of aromatic hydroxyl groups is 2. The molecule has 0 saturated heterocycles. The van der Waals surface area contributed by atoms with E-state index in [4.69, 9.17) is 0 Å². The molecule has 1 atom stereocenters. The largest absolute Gasteiger partial charge is 0.508 e. The van der Waals surface area contributed by atoms with Crippen molar-refractivity contribution < 1.29 is 10.2 Å². The van der Waals surface area contributed by atoms with Gasteiger partial charge in [0.25, 0.3) is 0 Å². The molecule has 0 spiro atoms. The first-order chi connectivity index (χ1) is 9.40. The van der Waals surface area contributed by atoms with E-state index in [1.54, 1.807) is 18.2 Å². The topological polar surface area (TPSA) is 40.5 Å². The van der Waals surface area contributed by atoms with Gasteiger partial charge in [0.2, 0.25) is 0 Å². The number of hydrogen-bond acceptors (Lipinski definition) is 2. The third-order valence-corrected chi connectivity index (χ3v) is 4.42. The van der Waals surface area contributed by atoms with Gasteiger partial charge in [-0.05, 0) is 52.6 Å². The molecule has 2 heteroatoms. The first-order valence-electron chi connectivity index (χ1n) is 7.06. The van der Waals surface area contributed by atoms with Crippen molar-refractivity contribution in [2.75, 3.05) is 0 Å². The minimum absolute atomic E-state index is 0.147. The van der Waals surface area contributed by atoms with Gasteiger partial charge in [-0.1, -0.05) is 39.0 Å². The number of phenols is 2. The van der Waals surface area contributed by atoms with E-state index >= 15 is 0 Å². The summed E-state index contributed by atoms with van der Waals surface area (Å²) in [6.45, 7) is 6.73. The molecule has 1 aliphatic carbocycles. The molecule has 0 aromatic heterocycles. The van der Waals surface area contributed by atoms with E-state index in [9.17, 15) is 10.2 Å². The van der Waals surface area contributed by atoms with Gasteiger partial charge in [0.1, 0.15) is 11.5 Å². The molecule has 0 heterocycles. The van der Waals surface area contributed by atoms with Gasteiger partial charge >= 0.3 is 0 Å². The summed E-state index contributed by atoms with van der Waals surface area (Å²) in [5.74, 6) is 0.990. The summed E-state index contributed by atoms with van der Waals surface area (Å²) in [6, 6.07) is 10.9. The molecule has 0 saturated carbocycles. The van der Waals surface area contributed by atoms with Crippen molar-refractivity contribution in [1.29, 1.82) is 0 Å². The number of rotatable bonds is 1. The highest BCUT2D eigenvalue weighted by atomic mass is 16.3. The molecular formula is C18H20O2. The third-order valence-electron chi connectivity index (χ3n) is 4.42. The number of benzene rings is 2. The van der Waals surface area contributed by atoms with E-state index in [0.29, 0.717) is 11.7 Å². The summed E-state index contributed by atoms with van der Waals surface area (Å²) in [5.41, 5.74) is 4.60. The van der Waals surface area contributed by atoms with E-state index in [1.165, 1.54) is 11.1 Å². The van der Waals surface area contributed by atoms with Crippen LogP contribution in [0.4, 0.5) is 0 Å². The Kier molecular flexibility index (Phi) is 2.79. The molecule has 2 nitrogen and oxygen atoms in total. The molecule has 20 heavy (non-hydrogen) atoms. The van der Waals surface area contributed by atoms with Crippen LogP contribution >= 0.6 is 0 Å². The van der Waals surface area contributed by atoms with Crippen LogP contribution in [0.3, 0.4) is 0 Å². The lowest BCUT2D eigenvalue weighted by atomic mass is 9.85. The van der Waals surface area contributed by atoms with Crippen LogP contribution in [0.1, 0.15) is 44.2 Å². The van der Waals surface area contributed by atoms with Gasteiger partial charge in [0.05, 0.1) is 0 Å². The minimum Gasteiger partial charge on any atom is -0.508 e. The van der Waals surface area contributed by atoms with Crippen LogP contribution in [-0.2, 0) is 5.41 Å². The maximum absolute atomic E-state index is 10.3. The fourth-order valence-corrected chi connectivity index (χ4v) is 3.62.